The molecule has 0 bridgehead atoms. The number of rotatable bonds is 6. The number of amides is 2. The van der Waals surface area contributed by atoms with Crippen molar-refractivity contribution in [2.75, 3.05) is 19.0 Å². The van der Waals surface area contributed by atoms with Crippen molar-refractivity contribution in [3.8, 4) is 0 Å². The molecule has 2 N–H and O–H groups in total. The van der Waals surface area contributed by atoms with E-state index in [9.17, 15) is 14.4 Å². The van der Waals surface area contributed by atoms with Crippen molar-refractivity contribution in [1.29, 1.82) is 0 Å². The van der Waals surface area contributed by atoms with E-state index in [1.807, 2.05) is 0 Å². The Bertz CT molecular complexity index is 899. The number of aromatic nitrogens is 2. The zero-order valence-electron chi connectivity index (χ0n) is 15.0. The van der Waals surface area contributed by atoms with Crippen LogP contribution in [0, 0.1) is 0 Å². The first-order chi connectivity index (χ1) is 13.6. The van der Waals surface area contributed by atoms with Crippen LogP contribution in [-0.4, -0.2) is 41.2 Å². The molecule has 3 aromatic rings. The van der Waals surface area contributed by atoms with E-state index in [0.29, 0.717) is 17.0 Å². The summed E-state index contributed by atoms with van der Waals surface area (Å²) in [4.78, 5) is 35.7. The molecule has 0 aliphatic carbocycles. The van der Waals surface area contributed by atoms with E-state index in [-0.39, 0.29) is 12.6 Å². The quantitative estimate of drug-likeness (QED) is 0.494. The summed E-state index contributed by atoms with van der Waals surface area (Å²) in [5.41, 5.74) is 0.716. The van der Waals surface area contributed by atoms with Gasteiger partial charge in [-0.3, -0.25) is 14.3 Å². The van der Waals surface area contributed by atoms with Gasteiger partial charge in [-0.25, -0.2) is 4.79 Å². The SMILES string of the molecule is COC(=O)c1ccc(NC(=O)C(=O)NCC(c2ccco2)n2cccn2)cc1. The lowest BCUT2D eigenvalue weighted by molar-refractivity contribution is -0.136. The Labute approximate surface area is 160 Å². The molecule has 3 rings (SSSR count). The van der Waals surface area contributed by atoms with Gasteiger partial charge in [0.15, 0.2) is 0 Å². The number of carbonyl (C=O) groups excluding carboxylic acids is 3. The zero-order chi connectivity index (χ0) is 19.9. The van der Waals surface area contributed by atoms with Gasteiger partial charge >= 0.3 is 17.8 Å². The van der Waals surface area contributed by atoms with E-state index >= 15 is 0 Å². The van der Waals surface area contributed by atoms with Crippen molar-refractivity contribution >= 4 is 23.5 Å². The Morgan fingerprint density at radius 2 is 1.93 bits per heavy atom. The summed E-state index contributed by atoms with van der Waals surface area (Å²) in [5.74, 6) is -1.52. The predicted molar refractivity (Wildman–Crippen MR) is 98.5 cm³/mol. The third-order valence-electron chi connectivity index (χ3n) is 3.94. The van der Waals surface area contributed by atoms with E-state index < -0.39 is 17.8 Å². The molecule has 1 unspecified atom stereocenters. The third-order valence-corrected chi connectivity index (χ3v) is 3.94. The van der Waals surface area contributed by atoms with Gasteiger partial charge in [-0.05, 0) is 42.5 Å². The molecular formula is C19H18N4O5. The fourth-order valence-corrected chi connectivity index (χ4v) is 2.54. The molecule has 2 heterocycles. The Hall–Kier alpha value is -3.88. The molecule has 9 nitrogen and oxygen atoms in total. The molecule has 9 heteroatoms. The minimum atomic E-state index is -0.829. The topological polar surface area (TPSA) is 115 Å². The highest BCUT2D eigenvalue weighted by molar-refractivity contribution is 6.39. The number of furan rings is 1. The van der Waals surface area contributed by atoms with Crippen molar-refractivity contribution < 1.29 is 23.5 Å². The Balaban J connectivity index is 1.59. The summed E-state index contributed by atoms with van der Waals surface area (Å²) in [6.07, 6.45) is 4.88. The number of benzene rings is 1. The van der Waals surface area contributed by atoms with Crippen LogP contribution in [0.4, 0.5) is 5.69 Å². The van der Waals surface area contributed by atoms with Gasteiger partial charge in [0, 0.05) is 24.6 Å². The maximum absolute atomic E-state index is 12.2. The molecule has 0 saturated heterocycles. The summed E-state index contributed by atoms with van der Waals surface area (Å²) in [5, 5.41) is 9.20. The molecule has 1 atom stereocenters. The number of carbonyl (C=O) groups is 3. The second-order valence-corrected chi connectivity index (χ2v) is 5.75. The molecule has 1 aromatic carbocycles. The van der Waals surface area contributed by atoms with E-state index in [2.05, 4.69) is 20.5 Å². The summed E-state index contributed by atoms with van der Waals surface area (Å²) < 4.78 is 11.6. The lowest BCUT2D eigenvalue weighted by atomic mass is 10.2. The fraction of sp³-hybridized carbons (Fsp3) is 0.158. The van der Waals surface area contributed by atoms with Gasteiger partial charge in [0.1, 0.15) is 11.8 Å². The molecule has 0 fully saturated rings. The molecule has 144 valence electrons. The van der Waals surface area contributed by atoms with Crippen LogP contribution in [0.2, 0.25) is 0 Å². The van der Waals surface area contributed by atoms with Gasteiger partial charge in [-0.2, -0.15) is 5.10 Å². The second-order valence-electron chi connectivity index (χ2n) is 5.75. The van der Waals surface area contributed by atoms with Crippen LogP contribution >= 0.6 is 0 Å². The lowest BCUT2D eigenvalue weighted by Gasteiger charge is -2.16. The first kappa shape index (κ1) is 18.9. The second kappa shape index (κ2) is 8.67. The van der Waals surface area contributed by atoms with Crippen LogP contribution in [0.5, 0.6) is 0 Å². The van der Waals surface area contributed by atoms with Gasteiger partial charge < -0.3 is 19.8 Å². The molecule has 28 heavy (non-hydrogen) atoms. The summed E-state index contributed by atoms with van der Waals surface area (Å²) in [7, 11) is 1.28. The summed E-state index contributed by atoms with van der Waals surface area (Å²) >= 11 is 0. The van der Waals surface area contributed by atoms with Crippen LogP contribution in [0.15, 0.2) is 65.5 Å². The highest BCUT2D eigenvalue weighted by atomic mass is 16.5. The maximum atomic E-state index is 12.2. The Morgan fingerprint density at radius 1 is 1.14 bits per heavy atom. The van der Waals surface area contributed by atoms with E-state index in [1.54, 1.807) is 35.3 Å². The Morgan fingerprint density at radius 3 is 2.54 bits per heavy atom. The van der Waals surface area contributed by atoms with Crippen molar-refractivity contribution in [2.45, 2.75) is 6.04 Å². The number of anilines is 1. The monoisotopic (exact) mass is 382 g/mol. The van der Waals surface area contributed by atoms with Gasteiger partial charge in [0.05, 0.1) is 18.9 Å². The molecule has 0 radical (unpaired) electrons. The van der Waals surface area contributed by atoms with Gasteiger partial charge in [0.25, 0.3) is 0 Å². The first-order valence-corrected chi connectivity index (χ1v) is 8.38. The fourth-order valence-electron chi connectivity index (χ4n) is 2.54. The van der Waals surface area contributed by atoms with Gasteiger partial charge in [0.2, 0.25) is 0 Å². The van der Waals surface area contributed by atoms with Crippen molar-refractivity contribution in [3.63, 3.8) is 0 Å². The highest BCUT2D eigenvalue weighted by Crippen LogP contribution is 2.17. The zero-order valence-corrected chi connectivity index (χ0v) is 15.0. The minimum absolute atomic E-state index is 0.114. The first-order valence-electron chi connectivity index (χ1n) is 8.38. The predicted octanol–water partition coefficient (Wildman–Crippen LogP) is 1.61. The number of hydrogen-bond donors (Lipinski definition) is 2. The molecule has 0 aliphatic rings. The van der Waals surface area contributed by atoms with Crippen LogP contribution in [0.3, 0.4) is 0 Å². The summed E-state index contributed by atoms with van der Waals surface area (Å²) in [6.45, 7) is 0.114. The van der Waals surface area contributed by atoms with E-state index in [1.165, 1.54) is 37.6 Å². The van der Waals surface area contributed by atoms with Crippen molar-refractivity contribution in [2.24, 2.45) is 0 Å². The molecule has 2 aromatic heterocycles. The summed E-state index contributed by atoms with van der Waals surface area (Å²) in [6, 6.07) is 10.9. The Kier molecular flexibility index (Phi) is 5.85. The number of hydrogen-bond acceptors (Lipinski definition) is 6. The lowest BCUT2D eigenvalue weighted by Crippen LogP contribution is -2.38. The number of ether oxygens (including phenoxy) is 1. The third kappa shape index (κ3) is 4.44. The number of nitrogens with zero attached hydrogens (tertiary/aromatic N) is 2. The number of methoxy groups -OCH3 is 1. The molecule has 0 aliphatic heterocycles. The highest BCUT2D eigenvalue weighted by Gasteiger charge is 2.21. The average Bonchev–Trinajstić information content (AvgIpc) is 3.42. The van der Waals surface area contributed by atoms with Crippen LogP contribution in [-0.2, 0) is 14.3 Å². The van der Waals surface area contributed by atoms with Crippen molar-refractivity contribution in [3.05, 3.63) is 72.4 Å². The van der Waals surface area contributed by atoms with Crippen LogP contribution in [0.1, 0.15) is 22.2 Å². The van der Waals surface area contributed by atoms with Crippen LogP contribution < -0.4 is 10.6 Å². The van der Waals surface area contributed by atoms with Crippen molar-refractivity contribution in [1.82, 2.24) is 15.1 Å². The standard InChI is InChI=1S/C19H18N4O5/c1-27-19(26)13-5-7-14(8-6-13)22-18(25)17(24)20-12-15(16-4-2-11-28-16)23-10-3-9-21-23/h2-11,15H,12H2,1H3,(H,20,24)(H,22,25). The molecule has 0 spiro atoms. The normalized spacial score (nSPS) is 11.5. The van der Waals surface area contributed by atoms with Gasteiger partial charge in [-0.1, -0.05) is 0 Å². The number of nitrogens with one attached hydrogen (secondary N) is 2. The van der Waals surface area contributed by atoms with Gasteiger partial charge in [-0.15, -0.1) is 0 Å². The maximum Gasteiger partial charge on any atom is 0.337 e. The van der Waals surface area contributed by atoms with E-state index in [4.69, 9.17) is 4.42 Å². The average molecular weight is 382 g/mol. The van der Waals surface area contributed by atoms with E-state index in [0.717, 1.165) is 0 Å². The molecule has 0 saturated carbocycles. The smallest absolute Gasteiger partial charge is 0.337 e. The molecular weight excluding hydrogens is 364 g/mol. The number of esters is 1. The van der Waals surface area contributed by atoms with Crippen LogP contribution in [0.25, 0.3) is 0 Å². The minimum Gasteiger partial charge on any atom is -0.467 e. The molecule has 2 amide bonds. The largest absolute Gasteiger partial charge is 0.467 e.